The van der Waals surface area contributed by atoms with Crippen LogP contribution in [0.1, 0.15) is 30.9 Å². The normalized spacial score (nSPS) is 10.6. The standard InChI is InChI=1S/C18H19BrO3/c1-12(2)16-9-4-13(3)10-17(16)21-11-18(20)22-15-7-5-14(19)6-8-15/h4-10,12H,11H2,1-3H3. The molecule has 0 spiro atoms. The number of aryl methyl sites for hydroxylation is 1. The van der Waals surface area contributed by atoms with Crippen molar-refractivity contribution in [1.82, 2.24) is 0 Å². The molecule has 0 saturated carbocycles. The average Bonchev–Trinajstić information content (AvgIpc) is 2.47. The van der Waals surface area contributed by atoms with Gasteiger partial charge in [0.2, 0.25) is 0 Å². The van der Waals surface area contributed by atoms with Gasteiger partial charge in [0.25, 0.3) is 0 Å². The summed E-state index contributed by atoms with van der Waals surface area (Å²) < 4.78 is 11.8. The molecule has 116 valence electrons. The zero-order chi connectivity index (χ0) is 16.1. The van der Waals surface area contributed by atoms with Gasteiger partial charge < -0.3 is 9.47 Å². The Hall–Kier alpha value is -1.81. The van der Waals surface area contributed by atoms with Gasteiger partial charge in [0.15, 0.2) is 6.61 Å². The molecule has 3 nitrogen and oxygen atoms in total. The maximum absolute atomic E-state index is 11.9. The first-order chi connectivity index (χ1) is 10.5. The highest BCUT2D eigenvalue weighted by Crippen LogP contribution is 2.27. The van der Waals surface area contributed by atoms with E-state index >= 15 is 0 Å². The molecule has 0 bridgehead atoms. The summed E-state index contributed by atoms with van der Waals surface area (Å²) in [4.78, 5) is 11.9. The van der Waals surface area contributed by atoms with E-state index in [9.17, 15) is 4.79 Å². The largest absolute Gasteiger partial charge is 0.482 e. The summed E-state index contributed by atoms with van der Waals surface area (Å²) in [6, 6.07) is 13.1. The molecule has 0 fully saturated rings. The molecule has 0 aliphatic heterocycles. The summed E-state index contributed by atoms with van der Waals surface area (Å²) in [7, 11) is 0. The maximum Gasteiger partial charge on any atom is 0.349 e. The van der Waals surface area contributed by atoms with Gasteiger partial charge in [-0.05, 0) is 54.3 Å². The Morgan fingerprint density at radius 2 is 1.82 bits per heavy atom. The van der Waals surface area contributed by atoms with Crippen LogP contribution in [-0.4, -0.2) is 12.6 Å². The van der Waals surface area contributed by atoms with Crippen LogP contribution in [0.25, 0.3) is 0 Å². The fourth-order valence-electron chi connectivity index (χ4n) is 2.04. The second-order valence-corrected chi connectivity index (χ2v) is 6.33. The lowest BCUT2D eigenvalue weighted by Crippen LogP contribution is -2.18. The lowest BCUT2D eigenvalue weighted by Gasteiger charge is -2.14. The Labute approximate surface area is 139 Å². The second kappa shape index (κ2) is 7.45. The average molecular weight is 363 g/mol. The Morgan fingerprint density at radius 3 is 2.45 bits per heavy atom. The summed E-state index contributed by atoms with van der Waals surface area (Å²) in [6.07, 6.45) is 0. The highest BCUT2D eigenvalue weighted by Gasteiger charge is 2.11. The molecular formula is C18H19BrO3. The predicted molar refractivity (Wildman–Crippen MR) is 90.5 cm³/mol. The zero-order valence-corrected chi connectivity index (χ0v) is 14.5. The van der Waals surface area contributed by atoms with Gasteiger partial charge in [-0.1, -0.05) is 41.9 Å². The van der Waals surface area contributed by atoms with E-state index < -0.39 is 5.97 Å². The molecule has 0 aliphatic carbocycles. The van der Waals surface area contributed by atoms with Crippen molar-refractivity contribution in [2.45, 2.75) is 26.7 Å². The third kappa shape index (κ3) is 4.60. The van der Waals surface area contributed by atoms with Gasteiger partial charge in [-0.3, -0.25) is 0 Å². The van der Waals surface area contributed by atoms with E-state index in [1.165, 1.54) is 0 Å². The molecule has 0 aliphatic rings. The number of rotatable bonds is 5. The predicted octanol–water partition coefficient (Wildman–Crippen LogP) is 4.87. The van der Waals surface area contributed by atoms with Crippen molar-refractivity contribution in [3.05, 3.63) is 58.1 Å². The lowest BCUT2D eigenvalue weighted by atomic mass is 10.0. The number of carbonyl (C=O) groups is 1. The molecule has 0 unspecified atom stereocenters. The van der Waals surface area contributed by atoms with Crippen molar-refractivity contribution >= 4 is 21.9 Å². The Kier molecular flexibility index (Phi) is 5.61. The van der Waals surface area contributed by atoms with Crippen LogP contribution in [0.4, 0.5) is 0 Å². The molecule has 2 aromatic rings. The molecule has 0 amide bonds. The highest BCUT2D eigenvalue weighted by atomic mass is 79.9. The Balaban J connectivity index is 1.99. The summed E-state index contributed by atoms with van der Waals surface area (Å²) >= 11 is 3.34. The Bertz CT molecular complexity index is 648. The van der Waals surface area contributed by atoms with Gasteiger partial charge in [-0.15, -0.1) is 0 Å². The van der Waals surface area contributed by atoms with Gasteiger partial charge in [0.1, 0.15) is 11.5 Å². The Morgan fingerprint density at radius 1 is 1.14 bits per heavy atom. The second-order valence-electron chi connectivity index (χ2n) is 5.41. The summed E-state index contributed by atoms with van der Waals surface area (Å²) in [5.41, 5.74) is 2.18. The molecular weight excluding hydrogens is 344 g/mol. The number of ether oxygens (including phenoxy) is 2. The van der Waals surface area contributed by atoms with Crippen molar-refractivity contribution in [3.63, 3.8) is 0 Å². The SMILES string of the molecule is Cc1ccc(C(C)C)c(OCC(=O)Oc2ccc(Br)cc2)c1. The van der Waals surface area contributed by atoms with Crippen molar-refractivity contribution < 1.29 is 14.3 Å². The molecule has 0 aromatic heterocycles. The van der Waals surface area contributed by atoms with Crippen LogP contribution < -0.4 is 9.47 Å². The monoisotopic (exact) mass is 362 g/mol. The summed E-state index contributed by atoms with van der Waals surface area (Å²) in [6.45, 7) is 6.08. The van der Waals surface area contributed by atoms with Crippen LogP contribution in [0.3, 0.4) is 0 Å². The minimum Gasteiger partial charge on any atom is -0.482 e. The minimum absolute atomic E-state index is 0.112. The van der Waals surface area contributed by atoms with Crippen LogP contribution in [0, 0.1) is 6.92 Å². The van der Waals surface area contributed by atoms with Crippen LogP contribution in [0.15, 0.2) is 46.9 Å². The van der Waals surface area contributed by atoms with Gasteiger partial charge in [-0.2, -0.15) is 0 Å². The molecule has 0 N–H and O–H groups in total. The molecule has 22 heavy (non-hydrogen) atoms. The van der Waals surface area contributed by atoms with E-state index in [2.05, 4.69) is 29.8 Å². The van der Waals surface area contributed by atoms with Gasteiger partial charge in [0, 0.05) is 4.47 Å². The molecule has 2 aromatic carbocycles. The van der Waals surface area contributed by atoms with Crippen molar-refractivity contribution in [1.29, 1.82) is 0 Å². The number of halogens is 1. The van der Waals surface area contributed by atoms with Crippen LogP contribution >= 0.6 is 15.9 Å². The number of carbonyl (C=O) groups excluding carboxylic acids is 1. The topological polar surface area (TPSA) is 35.5 Å². The van der Waals surface area contributed by atoms with E-state index in [-0.39, 0.29) is 6.61 Å². The lowest BCUT2D eigenvalue weighted by molar-refractivity contribution is -0.136. The summed E-state index contributed by atoms with van der Waals surface area (Å²) in [5, 5.41) is 0. The fraction of sp³-hybridized carbons (Fsp3) is 0.278. The number of esters is 1. The smallest absolute Gasteiger partial charge is 0.349 e. The first-order valence-corrected chi connectivity index (χ1v) is 7.94. The summed E-state index contributed by atoms with van der Waals surface area (Å²) in [5.74, 6) is 1.16. The third-order valence-electron chi connectivity index (χ3n) is 3.18. The number of hydrogen-bond acceptors (Lipinski definition) is 3. The minimum atomic E-state index is -0.418. The van der Waals surface area contributed by atoms with E-state index in [4.69, 9.17) is 9.47 Å². The van der Waals surface area contributed by atoms with Gasteiger partial charge in [0.05, 0.1) is 0 Å². The molecule has 2 rings (SSSR count). The van der Waals surface area contributed by atoms with Gasteiger partial charge >= 0.3 is 5.97 Å². The van der Waals surface area contributed by atoms with Crippen molar-refractivity contribution in [2.75, 3.05) is 6.61 Å². The molecule has 0 radical (unpaired) electrons. The number of benzene rings is 2. The fourth-order valence-corrected chi connectivity index (χ4v) is 2.31. The van der Waals surface area contributed by atoms with Gasteiger partial charge in [-0.25, -0.2) is 4.79 Å². The van der Waals surface area contributed by atoms with Crippen LogP contribution in [0.5, 0.6) is 11.5 Å². The quantitative estimate of drug-likeness (QED) is 0.562. The third-order valence-corrected chi connectivity index (χ3v) is 3.71. The maximum atomic E-state index is 11.9. The number of hydrogen-bond donors (Lipinski definition) is 0. The molecule has 0 saturated heterocycles. The van der Waals surface area contributed by atoms with Crippen LogP contribution in [0.2, 0.25) is 0 Å². The van der Waals surface area contributed by atoms with E-state index in [1.807, 2.05) is 37.3 Å². The first-order valence-electron chi connectivity index (χ1n) is 7.15. The zero-order valence-electron chi connectivity index (χ0n) is 12.9. The van der Waals surface area contributed by atoms with Crippen LogP contribution in [-0.2, 0) is 4.79 Å². The van der Waals surface area contributed by atoms with E-state index in [0.717, 1.165) is 21.3 Å². The molecule has 0 heterocycles. The highest BCUT2D eigenvalue weighted by molar-refractivity contribution is 9.10. The first kappa shape index (κ1) is 16.6. The van der Waals surface area contributed by atoms with Crippen molar-refractivity contribution in [2.24, 2.45) is 0 Å². The van der Waals surface area contributed by atoms with E-state index in [0.29, 0.717) is 11.7 Å². The molecule has 0 atom stereocenters. The van der Waals surface area contributed by atoms with Crippen molar-refractivity contribution in [3.8, 4) is 11.5 Å². The van der Waals surface area contributed by atoms with E-state index in [1.54, 1.807) is 12.1 Å². The molecule has 4 heteroatoms.